The maximum Gasteiger partial charge on any atom is 0.239 e. The third-order valence-electron chi connectivity index (χ3n) is 9.29. The third-order valence-corrected chi connectivity index (χ3v) is 9.29. The predicted molar refractivity (Wildman–Crippen MR) is 171 cm³/mol. The lowest BCUT2D eigenvalue weighted by Crippen LogP contribution is -2.64. The zero-order valence-electron chi connectivity index (χ0n) is 27.7. The van der Waals surface area contributed by atoms with Gasteiger partial charge in [-0.25, -0.2) is 0 Å². The molecule has 0 bridgehead atoms. The van der Waals surface area contributed by atoms with Crippen molar-refractivity contribution in [1.29, 1.82) is 0 Å². The van der Waals surface area contributed by atoms with E-state index < -0.39 is 128 Å². The zero-order valence-corrected chi connectivity index (χ0v) is 27.7. The van der Waals surface area contributed by atoms with Gasteiger partial charge in [-0.3, -0.25) is 4.79 Å². The van der Waals surface area contributed by atoms with Crippen molar-refractivity contribution in [2.24, 2.45) is 0 Å². The second-order valence-electron chi connectivity index (χ2n) is 12.9. The highest BCUT2D eigenvalue weighted by Gasteiger charge is 2.51. The van der Waals surface area contributed by atoms with Gasteiger partial charge in [0.2, 0.25) is 23.8 Å². The van der Waals surface area contributed by atoms with Crippen molar-refractivity contribution in [3.8, 4) is 34.3 Å². The number of fused-ring (bicyclic) bond motifs is 1. The Labute approximate surface area is 298 Å². The number of benzene rings is 2. The van der Waals surface area contributed by atoms with Crippen molar-refractivity contribution in [3.05, 3.63) is 46.6 Å². The van der Waals surface area contributed by atoms with E-state index in [4.69, 9.17) is 32.8 Å². The van der Waals surface area contributed by atoms with Crippen LogP contribution in [0.15, 0.2) is 45.6 Å². The summed E-state index contributed by atoms with van der Waals surface area (Å²) in [6.45, 7) is -0.219. The Morgan fingerprint density at radius 1 is 0.660 bits per heavy atom. The summed E-state index contributed by atoms with van der Waals surface area (Å²) in [4.78, 5) is 14.0. The molecule has 15 atom stereocenters. The highest BCUT2D eigenvalue weighted by atomic mass is 16.7. The molecule has 3 aromatic rings. The second-order valence-corrected chi connectivity index (χ2v) is 12.9. The van der Waals surface area contributed by atoms with Crippen molar-refractivity contribution in [2.45, 2.75) is 99.0 Å². The number of hydrogen-bond donors (Lipinski definition) is 12. The number of aliphatic hydroxyl groups is 10. The Morgan fingerprint density at radius 3 is 1.91 bits per heavy atom. The summed E-state index contributed by atoms with van der Waals surface area (Å²) in [6.07, 6.45) is -24.9. The normalized spacial score (nSPS) is 37.8. The molecule has 0 amide bonds. The Morgan fingerprint density at radius 2 is 1.25 bits per heavy atom. The molecular formula is C33H40O20. The van der Waals surface area contributed by atoms with Gasteiger partial charge in [0.15, 0.2) is 12.1 Å². The molecule has 3 fully saturated rings. The van der Waals surface area contributed by atoms with Crippen LogP contribution >= 0.6 is 0 Å². The van der Waals surface area contributed by atoms with Crippen LogP contribution in [0.3, 0.4) is 0 Å². The van der Waals surface area contributed by atoms with Crippen LogP contribution < -0.4 is 14.9 Å². The van der Waals surface area contributed by atoms with Gasteiger partial charge in [0.25, 0.3) is 0 Å². The number of rotatable bonds is 9. The minimum absolute atomic E-state index is 0.112. The van der Waals surface area contributed by atoms with E-state index >= 15 is 0 Å². The summed E-state index contributed by atoms with van der Waals surface area (Å²) in [5, 5.41) is 123. The highest BCUT2D eigenvalue weighted by molar-refractivity contribution is 5.88. The van der Waals surface area contributed by atoms with Gasteiger partial charge in [-0.05, 0) is 31.2 Å². The molecule has 292 valence electrons. The van der Waals surface area contributed by atoms with Crippen molar-refractivity contribution in [1.82, 2.24) is 0 Å². The molecule has 20 heteroatoms. The quantitative estimate of drug-likeness (QED) is 0.0992. The summed E-state index contributed by atoms with van der Waals surface area (Å²) in [6, 6.07) is 7.20. The Bertz CT molecular complexity index is 1780. The lowest BCUT2D eigenvalue weighted by Gasteiger charge is -2.45. The van der Waals surface area contributed by atoms with E-state index in [0.717, 1.165) is 12.1 Å². The Hall–Kier alpha value is -3.71. The van der Waals surface area contributed by atoms with Gasteiger partial charge in [0.05, 0.1) is 19.3 Å². The average Bonchev–Trinajstić information content (AvgIpc) is 3.13. The number of phenolic OH excluding ortho intramolecular Hbond substituents is 2. The van der Waals surface area contributed by atoms with Crippen molar-refractivity contribution >= 4 is 11.0 Å². The number of hydrogen-bond acceptors (Lipinski definition) is 20. The predicted octanol–water partition coefficient (Wildman–Crippen LogP) is -3.92. The SMILES string of the molecule is C[C@@H]1O[C@@H](O[C@@H]2[C@H](O)[C@@H](O)[C@@H](Oc3c(-c4ccc(O)cc4)oc4cc(O[C@H]5O[C@H](CO)[C@H](O)[C@H](O)[C@H]5O)cc(O)c4c3=O)O[C@@H]2CO)[C@H](O)[C@H](O)[C@H]1O. The van der Waals surface area contributed by atoms with Crippen LogP contribution in [0.2, 0.25) is 0 Å². The van der Waals surface area contributed by atoms with Gasteiger partial charge in [-0.15, -0.1) is 0 Å². The maximum atomic E-state index is 14.0. The molecule has 3 saturated heterocycles. The first-order valence-electron chi connectivity index (χ1n) is 16.4. The van der Waals surface area contributed by atoms with E-state index in [1.54, 1.807) is 0 Å². The van der Waals surface area contributed by atoms with Crippen LogP contribution in [0, 0.1) is 0 Å². The highest BCUT2D eigenvalue weighted by Crippen LogP contribution is 2.39. The molecule has 0 radical (unpaired) electrons. The summed E-state index contributed by atoms with van der Waals surface area (Å²) in [5.41, 5.74) is -1.26. The first kappa shape index (κ1) is 39.0. The van der Waals surface area contributed by atoms with E-state index in [1.165, 1.54) is 31.2 Å². The molecule has 0 unspecified atom stereocenters. The lowest BCUT2D eigenvalue weighted by atomic mass is 9.97. The van der Waals surface area contributed by atoms with Crippen molar-refractivity contribution in [2.75, 3.05) is 13.2 Å². The molecule has 4 heterocycles. The first-order chi connectivity index (χ1) is 25.1. The third kappa shape index (κ3) is 7.39. The molecule has 3 aliphatic heterocycles. The molecule has 2 aromatic carbocycles. The number of phenols is 2. The van der Waals surface area contributed by atoms with Crippen LogP contribution in [0.4, 0.5) is 0 Å². The van der Waals surface area contributed by atoms with Crippen molar-refractivity contribution < 1.29 is 94.1 Å². The number of ether oxygens (including phenoxy) is 6. The smallest absolute Gasteiger partial charge is 0.239 e. The minimum atomic E-state index is -2.03. The summed E-state index contributed by atoms with van der Waals surface area (Å²) in [7, 11) is 0. The number of aliphatic hydroxyl groups excluding tert-OH is 10. The molecule has 1 aromatic heterocycles. The van der Waals surface area contributed by atoms with Crippen LogP contribution in [-0.2, 0) is 18.9 Å². The average molecular weight is 757 g/mol. The summed E-state index contributed by atoms with van der Waals surface area (Å²) in [5.74, 6) is -2.21. The first-order valence-corrected chi connectivity index (χ1v) is 16.4. The van der Waals surface area contributed by atoms with Gasteiger partial charge < -0.3 is 94.1 Å². The van der Waals surface area contributed by atoms with Gasteiger partial charge in [0.1, 0.15) is 95.4 Å². The maximum absolute atomic E-state index is 14.0. The minimum Gasteiger partial charge on any atom is -0.508 e. The van der Waals surface area contributed by atoms with E-state index in [9.17, 15) is 66.1 Å². The van der Waals surface area contributed by atoms with E-state index in [2.05, 4.69) is 0 Å². The fourth-order valence-electron chi connectivity index (χ4n) is 6.25. The molecule has 20 nitrogen and oxygen atoms in total. The van der Waals surface area contributed by atoms with Crippen LogP contribution in [0.5, 0.6) is 23.0 Å². The zero-order chi connectivity index (χ0) is 38.5. The fraction of sp³-hybridized carbons (Fsp3) is 0.545. The summed E-state index contributed by atoms with van der Waals surface area (Å²) >= 11 is 0. The van der Waals surface area contributed by atoms with Crippen LogP contribution in [0.1, 0.15) is 6.92 Å². The Balaban J connectivity index is 1.33. The van der Waals surface area contributed by atoms with Gasteiger partial charge in [-0.1, -0.05) is 0 Å². The molecular weight excluding hydrogens is 716 g/mol. The van der Waals surface area contributed by atoms with Crippen LogP contribution in [-0.4, -0.2) is 167 Å². The largest absolute Gasteiger partial charge is 0.508 e. The molecule has 0 aliphatic carbocycles. The summed E-state index contributed by atoms with van der Waals surface area (Å²) < 4.78 is 39.4. The van der Waals surface area contributed by atoms with E-state index in [1.807, 2.05) is 0 Å². The van der Waals surface area contributed by atoms with Crippen LogP contribution in [0.25, 0.3) is 22.3 Å². The monoisotopic (exact) mass is 756 g/mol. The van der Waals surface area contributed by atoms with E-state index in [0.29, 0.717) is 0 Å². The van der Waals surface area contributed by atoms with Gasteiger partial charge in [0, 0.05) is 17.7 Å². The fourth-order valence-corrected chi connectivity index (χ4v) is 6.25. The lowest BCUT2D eigenvalue weighted by molar-refractivity contribution is -0.349. The van der Waals surface area contributed by atoms with E-state index in [-0.39, 0.29) is 28.4 Å². The molecule has 6 rings (SSSR count). The molecule has 3 aliphatic rings. The van der Waals surface area contributed by atoms with Crippen molar-refractivity contribution in [3.63, 3.8) is 0 Å². The standard InChI is InChI=1S/C33H40O20/c1-10-19(38)22(41)25(44)31(47-10)52-29-17(9-35)51-33(27(46)24(29)43)53-30-21(40)18-14(37)6-13(48-32-26(45)23(42)20(39)16(8-34)50-32)7-15(18)49-28(30)11-2-4-12(36)5-3-11/h2-7,10,16-17,19-20,22-27,29,31-39,41-46H,8-9H2,1H3/t10-,16+,17+,19-,20-,22+,23-,24+,25+,26+,27+,29-,31-,32-,33+/m0/s1. The Kier molecular flexibility index (Phi) is 11.5. The number of aromatic hydroxyl groups is 2. The van der Waals surface area contributed by atoms with Gasteiger partial charge >= 0.3 is 0 Å². The molecule has 12 N–H and O–H groups in total. The molecule has 53 heavy (non-hydrogen) atoms. The molecule has 0 spiro atoms. The second kappa shape index (κ2) is 15.6. The van der Waals surface area contributed by atoms with Gasteiger partial charge in [-0.2, -0.15) is 0 Å². The molecule has 0 saturated carbocycles. The topological polar surface area (TPSA) is 328 Å².